The summed E-state index contributed by atoms with van der Waals surface area (Å²) in [5.41, 5.74) is -4.51. The Morgan fingerprint density at radius 2 is 1.75 bits per heavy atom. The number of nitrogens with zero attached hydrogens (tertiary/aromatic N) is 2. The number of nitrogens with one attached hydrogen (secondary N) is 3. The molecule has 3 N–H and O–H groups in total. The molecule has 4 aliphatic rings. The number of alkyl carbamates (subject to hydrolysis) is 1. The summed E-state index contributed by atoms with van der Waals surface area (Å²) in [6.45, 7) is 4.80. The van der Waals surface area contributed by atoms with E-state index in [0.29, 0.717) is 68.9 Å². The van der Waals surface area contributed by atoms with Crippen molar-refractivity contribution in [3.63, 3.8) is 0 Å². The van der Waals surface area contributed by atoms with Crippen LogP contribution in [0.3, 0.4) is 0 Å². The SMILES string of the molecule is COc1cnc(OC2CC3C(=O)NC4(C(=O)NS(=O)(=O)C5CCC5)CC4C=CCCC(C)CC(C)C(NC(=O)OC(C)(C)C(F)(F)F)C(=O)N3C2)c2ccccc12. The molecule has 0 bridgehead atoms. The lowest BCUT2D eigenvalue weighted by atomic mass is 9.88. The van der Waals surface area contributed by atoms with Crippen LogP contribution < -0.4 is 24.8 Å². The van der Waals surface area contributed by atoms with E-state index < -0.39 is 86.4 Å². The number of aromatic nitrogens is 1. The Hall–Kier alpha value is -4.61. The van der Waals surface area contributed by atoms with Gasteiger partial charge >= 0.3 is 12.3 Å². The number of benzene rings is 1. The summed E-state index contributed by atoms with van der Waals surface area (Å²) in [4.78, 5) is 61.8. The molecule has 7 unspecified atom stereocenters. The van der Waals surface area contributed by atoms with Crippen molar-refractivity contribution in [2.45, 2.75) is 120 Å². The quantitative estimate of drug-likeness (QED) is 0.310. The second-order valence-corrected chi connectivity index (χ2v) is 18.3. The average molecular weight is 822 g/mol. The molecule has 2 saturated carbocycles. The predicted octanol–water partition coefficient (Wildman–Crippen LogP) is 4.91. The number of pyridine rings is 1. The van der Waals surface area contributed by atoms with E-state index in [1.165, 1.54) is 18.2 Å². The number of rotatable bonds is 8. The fourth-order valence-electron chi connectivity index (χ4n) is 7.80. The van der Waals surface area contributed by atoms with Gasteiger partial charge in [0.15, 0.2) is 0 Å². The molecule has 3 heterocycles. The molecule has 7 atom stereocenters. The fourth-order valence-corrected chi connectivity index (χ4v) is 9.36. The number of alkyl halides is 3. The Morgan fingerprint density at radius 1 is 1.05 bits per heavy atom. The maximum Gasteiger partial charge on any atom is 0.427 e. The highest BCUT2D eigenvalue weighted by Crippen LogP contribution is 2.46. The third kappa shape index (κ3) is 8.79. The summed E-state index contributed by atoms with van der Waals surface area (Å²) in [5, 5.41) is 5.74. The fraction of sp³-hybridized carbons (Fsp3) is 0.615. The average Bonchev–Trinajstić information content (AvgIpc) is 3.63. The standard InChI is InChI=1S/C39H50F3N5O9S/c1-22-11-6-7-12-24-19-38(24,35(50)46-57(52,53)26-13-10-14-26)45-32(48)29-18-25(55-33-28-16-9-8-15-27(28)30(54-5)20-43-33)21-47(29)34(49)31(23(2)17-22)44-36(51)56-37(3,4)39(40,41)42/h7-9,12,15-16,20,22-26,29,31H,6,10-11,13-14,17-19,21H2,1-5H3,(H,44,51)(H,45,48)(H,46,50). The van der Waals surface area contributed by atoms with Crippen molar-refractivity contribution in [1.82, 2.24) is 25.2 Å². The van der Waals surface area contributed by atoms with E-state index in [4.69, 9.17) is 14.2 Å². The molecule has 1 saturated heterocycles. The van der Waals surface area contributed by atoms with Gasteiger partial charge in [-0.2, -0.15) is 13.2 Å². The van der Waals surface area contributed by atoms with E-state index in [1.807, 2.05) is 25.1 Å². The second-order valence-electron chi connectivity index (χ2n) is 16.3. The van der Waals surface area contributed by atoms with Gasteiger partial charge in [-0.05, 0) is 70.3 Å². The Kier molecular flexibility index (Phi) is 11.8. The topological polar surface area (TPSA) is 182 Å². The van der Waals surface area contributed by atoms with E-state index >= 15 is 0 Å². The van der Waals surface area contributed by atoms with Crippen molar-refractivity contribution in [1.29, 1.82) is 0 Å². The van der Waals surface area contributed by atoms with Crippen LogP contribution in [-0.4, -0.2) is 96.5 Å². The zero-order chi connectivity index (χ0) is 41.5. The third-order valence-electron chi connectivity index (χ3n) is 11.7. The van der Waals surface area contributed by atoms with Crippen LogP contribution in [0.25, 0.3) is 10.8 Å². The molecule has 1 aromatic heterocycles. The van der Waals surface area contributed by atoms with E-state index in [-0.39, 0.29) is 31.2 Å². The van der Waals surface area contributed by atoms with Crippen LogP contribution in [-0.2, 0) is 29.1 Å². The molecular weight excluding hydrogens is 772 g/mol. The van der Waals surface area contributed by atoms with Gasteiger partial charge in [-0.15, -0.1) is 0 Å². The van der Waals surface area contributed by atoms with E-state index in [0.717, 1.165) is 0 Å². The molecule has 3 fully saturated rings. The minimum Gasteiger partial charge on any atom is -0.494 e. The van der Waals surface area contributed by atoms with Gasteiger partial charge < -0.3 is 29.7 Å². The van der Waals surface area contributed by atoms with Crippen molar-refractivity contribution in [3.8, 4) is 11.6 Å². The first-order chi connectivity index (χ1) is 26.8. The van der Waals surface area contributed by atoms with Gasteiger partial charge in [-0.25, -0.2) is 18.2 Å². The van der Waals surface area contributed by atoms with Gasteiger partial charge in [0, 0.05) is 23.1 Å². The predicted molar refractivity (Wildman–Crippen MR) is 201 cm³/mol. The van der Waals surface area contributed by atoms with Gasteiger partial charge in [0.25, 0.3) is 5.91 Å². The van der Waals surface area contributed by atoms with Gasteiger partial charge in [0.2, 0.25) is 33.3 Å². The number of hydrogen-bond acceptors (Lipinski definition) is 10. The molecule has 0 spiro atoms. The van der Waals surface area contributed by atoms with Crippen molar-refractivity contribution in [2.24, 2.45) is 17.8 Å². The number of carbonyl (C=O) groups excluding carboxylic acids is 4. The Labute approximate surface area is 329 Å². The summed E-state index contributed by atoms with van der Waals surface area (Å²) >= 11 is 0. The maximum atomic E-state index is 14.7. The minimum atomic E-state index is -4.91. The number of amides is 4. The molecule has 2 aromatic rings. The number of carbonyl (C=O) groups is 4. The molecule has 312 valence electrons. The van der Waals surface area contributed by atoms with Gasteiger partial charge in [0.1, 0.15) is 29.5 Å². The zero-order valence-electron chi connectivity index (χ0n) is 32.6. The molecule has 0 radical (unpaired) electrons. The van der Waals surface area contributed by atoms with E-state index in [9.17, 15) is 40.8 Å². The van der Waals surface area contributed by atoms with E-state index in [2.05, 4.69) is 20.3 Å². The zero-order valence-corrected chi connectivity index (χ0v) is 33.4. The second kappa shape index (κ2) is 16.0. The Bertz CT molecular complexity index is 2020. The number of fused-ring (bicyclic) bond motifs is 3. The lowest BCUT2D eigenvalue weighted by Gasteiger charge is -2.34. The van der Waals surface area contributed by atoms with Crippen LogP contribution in [0.2, 0.25) is 0 Å². The van der Waals surface area contributed by atoms with Gasteiger partial charge in [-0.1, -0.05) is 50.6 Å². The number of sulfonamides is 1. The molecule has 4 amide bonds. The van der Waals surface area contributed by atoms with Gasteiger partial charge in [0.05, 0.1) is 25.1 Å². The number of allylic oxidation sites excluding steroid dienone is 1. The van der Waals surface area contributed by atoms with Crippen LogP contribution in [0.5, 0.6) is 11.6 Å². The summed E-state index contributed by atoms with van der Waals surface area (Å²) in [5.74, 6) is -2.96. The summed E-state index contributed by atoms with van der Waals surface area (Å²) < 4.78 is 86.1. The first kappa shape index (κ1) is 42.0. The maximum absolute atomic E-state index is 14.7. The molecule has 57 heavy (non-hydrogen) atoms. The Balaban J connectivity index is 1.35. The van der Waals surface area contributed by atoms with Crippen LogP contribution in [0.15, 0.2) is 42.6 Å². The summed E-state index contributed by atoms with van der Waals surface area (Å²) in [7, 11) is -2.51. The summed E-state index contributed by atoms with van der Waals surface area (Å²) in [6.07, 6.45) is 0.965. The monoisotopic (exact) mass is 821 g/mol. The molecule has 1 aromatic carbocycles. The largest absolute Gasteiger partial charge is 0.494 e. The highest BCUT2D eigenvalue weighted by atomic mass is 32.2. The third-order valence-corrected chi connectivity index (χ3v) is 13.5. The van der Waals surface area contributed by atoms with Crippen LogP contribution in [0.4, 0.5) is 18.0 Å². The lowest BCUT2D eigenvalue weighted by Crippen LogP contribution is -2.60. The number of methoxy groups -OCH3 is 1. The highest BCUT2D eigenvalue weighted by Gasteiger charge is 2.62. The first-order valence-electron chi connectivity index (χ1n) is 19.3. The summed E-state index contributed by atoms with van der Waals surface area (Å²) in [6, 6.07) is 4.42. The van der Waals surface area contributed by atoms with Crippen LogP contribution >= 0.6 is 0 Å². The molecule has 2 aliphatic heterocycles. The smallest absolute Gasteiger partial charge is 0.427 e. The lowest BCUT2D eigenvalue weighted by molar-refractivity contribution is -0.244. The number of ether oxygens (including phenoxy) is 3. The van der Waals surface area contributed by atoms with Crippen molar-refractivity contribution in [3.05, 3.63) is 42.6 Å². The molecule has 6 rings (SSSR count). The number of hydrogen-bond donors (Lipinski definition) is 3. The molecule has 2 aliphatic carbocycles. The molecule has 14 nitrogen and oxygen atoms in total. The Morgan fingerprint density at radius 3 is 2.40 bits per heavy atom. The van der Waals surface area contributed by atoms with Crippen LogP contribution in [0, 0.1) is 17.8 Å². The van der Waals surface area contributed by atoms with E-state index in [1.54, 1.807) is 25.1 Å². The van der Waals surface area contributed by atoms with Crippen molar-refractivity contribution in [2.75, 3.05) is 13.7 Å². The van der Waals surface area contributed by atoms with Crippen LogP contribution in [0.1, 0.15) is 79.1 Å². The highest BCUT2D eigenvalue weighted by molar-refractivity contribution is 7.90. The van der Waals surface area contributed by atoms with Crippen molar-refractivity contribution < 1.29 is 55.0 Å². The molecule has 18 heteroatoms. The normalized spacial score (nSPS) is 28.8. The number of halogens is 3. The minimum absolute atomic E-state index is 0.0333. The molecular formula is C39H50F3N5O9S. The van der Waals surface area contributed by atoms with Gasteiger partial charge in [-0.3, -0.25) is 19.1 Å². The first-order valence-corrected chi connectivity index (χ1v) is 20.8. The van der Waals surface area contributed by atoms with Crippen molar-refractivity contribution >= 4 is 44.6 Å².